The number of nitrogens with zero attached hydrogens (tertiary/aromatic N) is 1. The van der Waals surface area contributed by atoms with E-state index in [9.17, 15) is 0 Å². The summed E-state index contributed by atoms with van der Waals surface area (Å²) in [6.45, 7) is 4.10. The lowest BCUT2D eigenvalue weighted by Gasteiger charge is -2.49. The van der Waals surface area contributed by atoms with Crippen molar-refractivity contribution < 1.29 is 4.74 Å². The molecule has 0 aromatic heterocycles. The highest BCUT2D eigenvalue weighted by Gasteiger charge is 2.42. The van der Waals surface area contributed by atoms with Crippen molar-refractivity contribution in [1.82, 2.24) is 4.90 Å². The SMILES string of the molecule is CCOC1CCCCN1C1CC2(CC=C1c1ccc(N)cc1)CCCCC2. The molecule has 2 atom stereocenters. The number of rotatable bonds is 4. The molecule has 2 unspecified atom stereocenters. The number of allylic oxidation sites excluding steroid dienone is 1. The standard InChI is InChI=1S/C24H36N2O/c1-2-27-23-8-4-7-17-26(23)22-18-24(14-5-3-6-15-24)16-13-21(22)19-9-11-20(25)12-10-19/h9-13,22-23H,2-8,14-18,25H2,1H3. The molecule has 1 heterocycles. The normalized spacial score (nSPS) is 28.9. The largest absolute Gasteiger partial charge is 0.399 e. The highest BCUT2D eigenvalue weighted by Crippen LogP contribution is 2.50. The summed E-state index contributed by atoms with van der Waals surface area (Å²) in [5, 5.41) is 0. The maximum absolute atomic E-state index is 6.21. The molecule has 3 nitrogen and oxygen atoms in total. The molecule has 1 spiro atoms. The Kier molecular flexibility index (Phi) is 5.89. The van der Waals surface area contributed by atoms with Gasteiger partial charge in [-0.05, 0) is 80.6 Å². The van der Waals surface area contributed by atoms with Crippen LogP contribution in [-0.2, 0) is 4.74 Å². The Morgan fingerprint density at radius 2 is 1.85 bits per heavy atom. The van der Waals surface area contributed by atoms with Crippen molar-refractivity contribution in [3.05, 3.63) is 35.9 Å². The first-order chi connectivity index (χ1) is 13.2. The summed E-state index contributed by atoms with van der Waals surface area (Å²) in [7, 11) is 0. The molecular formula is C24H36N2O. The third kappa shape index (κ3) is 4.09. The fourth-order valence-electron chi connectivity index (χ4n) is 5.71. The molecule has 2 fully saturated rings. The van der Waals surface area contributed by atoms with Crippen molar-refractivity contribution in [2.24, 2.45) is 5.41 Å². The molecule has 27 heavy (non-hydrogen) atoms. The quantitative estimate of drug-likeness (QED) is 0.702. The number of piperidine rings is 1. The summed E-state index contributed by atoms with van der Waals surface area (Å²) in [5.41, 5.74) is 10.2. The van der Waals surface area contributed by atoms with Gasteiger partial charge in [0.2, 0.25) is 0 Å². The highest BCUT2D eigenvalue weighted by molar-refractivity contribution is 5.72. The van der Waals surface area contributed by atoms with Crippen LogP contribution in [-0.4, -0.2) is 30.3 Å². The van der Waals surface area contributed by atoms with Crippen LogP contribution >= 0.6 is 0 Å². The maximum Gasteiger partial charge on any atom is 0.111 e. The Labute approximate surface area is 165 Å². The zero-order valence-electron chi connectivity index (χ0n) is 17.0. The van der Waals surface area contributed by atoms with E-state index in [2.05, 4.69) is 42.2 Å². The first-order valence-corrected chi connectivity index (χ1v) is 11.1. The van der Waals surface area contributed by atoms with Crippen molar-refractivity contribution in [3.63, 3.8) is 0 Å². The van der Waals surface area contributed by atoms with Gasteiger partial charge in [-0.2, -0.15) is 0 Å². The molecule has 2 aliphatic carbocycles. The Hall–Kier alpha value is -1.32. The zero-order valence-corrected chi connectivity index (χ0v) is 17.0. The Bertz CT molecular complexity index is 643. The van der Waals surface area contributed by atoms with Crippen LogP contribution in [0.15, 0.2) is 30.3 Å². The number of ether oxygens (including phenoxy) is 1. The van der Waals surface area contributed by atoms with E-state index in [0.29, 0.717) is 11.5 Å². The van der Waals surface area contributed by atoms with E-state index in [-0.39, 0.29) is 6.23 Å². The third-order valence-corrected chi connectivity index (χ3v) is 7.15. The second-order valence-corrected chi connectivity index (χ2v) is 8.91. The third-order valence-electron chi connectivity index (χ3n) is 7.15. The number of benzene rings is 1. The van der Waals surface area contributed by atoms with Crippen molar-refractivity contribution >= 4 is 11.3 Å². The minimum absolute atomic E-state index is 0.282. The molecule has 4 rings (SSSR count). The lowest BCUT2D eigenvalue weighted by molar-refractivity contribution is -0.0936. The number of anilines is 1. The average molecular weight is 369 g/mol. The lowest BCUT2D eigenvalue weighted by Crippen LogP contribution is -2.51. The Balaban J connectivity index is 1.67. The molecule has 1 aromatic carbocycles. The van der Waals surface area contributed by atoms with Gasteiger partial charge in [0.15, 0.2) is 0 Å². The molecule has 1 aliphatic heterocycles. The predicted octanol–water partition coefficient (Wildman–Crippen LogP) is 5.61. The van der Waals surface area contributed by atoms with Gasteiger partial charge in [0.25, 0.3) is 0 Å². The second kappa shape index (κ2) is 8.36. The summed E-state index contributed by atoms with van der Waals surface area (Å²) >= 11 is 0. The predicted molar refractivity (Wildman–Crippen MR) is 113 cm³/mol. The number of hydrogen-bond donors (Lipinski definition) is 1. The van der Waals surface area contributed by atoms with Crippen LogP contribution in [0.25, 0.3) is 5.57 Å². The number of nitrogens with two attached hydrogens (primary N) is 1. The molecule has 0 bridgehead atoms. The Morgan fingerprint density at radius 1 is 1.07 bits per heavy atom. The molecule has 0 amide bonds. The van der Waals surface area contributed by atoms with Gasteiger partial charge in [0.05, 0.1) is 0 Å². The van der Waals surface area contributed by atoms with E-state index in [4.69, 9.17) is 10.5 Å². The van der Waals surface area contributed by atoms with Crippen LogP contribution in [0.5, 0.6) is 0 Å². The van der Waals surface area contributed by atoms with Gasteiger partial charge in [0, 0.05) is 24.9 Å². The molecule has 2 N–H and O–H groups in total. The van der Waals surface area contributed by atoms with Gasteiger partial charge in [-0.1, -0.05) is 37.5 Å². The summed E-state index contributed by atoms with van der Waals surface area (Å²) in [5.74, 6) is 0. The molecule has 148 valence electrons. The summed E-state index contributed by atoms with van der Waals surface area (Å²) < 4.78 is 6.21. The van der Waals surface area contributed by atoms with Crippen molar-refractivity contribution in [2.75, 3.05) is 18.9 Å². The average Bonchev–Trinajstić information content (AvgIpc) is 2.70. The second-order valence-electron chi connectivity index (χ2n) is 8.91. The van der Waals surface area contributed by atoms with Crippen LogP contribution in [0.4, 0.5) is 5.69 Å². The first-order valence-electron chi connectivity index (χ1n) is 11.1. The van der Waals surface area contributed by atoms with E-state index >= 15 is 0 Å². The highest BCUT2D eigenvalue weighted by atomic mass is 16.5. The summed E-state index contributed by atoms with van der Waals surface area (Å²) in [4.78, 5) is 2.70. The van der Waals surface area contributed by atoms with E-state index in [1.807, 2.05) is 0 Å². The van der Waals surface area contributed by atoms with Crippen LogP contribution in [0, 0.1) is 5.41 Å². The van der Waals surface area contributed by atoms with E-state index < -0.39 is 0 Å². The minimum Gasteiger partial charge on any atom is -0.399 e. The number of hydrogen-bond acceptors (Lipinski definition) is 3. The summed E-state index contributed by atoms with van der Waals surface area (Å²) in [6, 6.07) is 9.01. The molecule has 0 radical (unpaired) electrons. The van der Waals surface area contributed by atoms with Gasteiger partial charge in [-0.15, -0.1) is 0 Å². The number of nitrogen functional groups attached to an aromatic ring is 1. The van der Waals surface area contributed by atoms with Crippen LogP contribution in [0.1, 0.15) is 76.7 Å². The molecule has 3 heteroatoms. The van der Waals surface area contributed by atoms with Gasteiger partial charge >= 0.3 is 0 Å². The van der Waals surface area contributed by atoms with Crippen LogP contribution in [0.3, 0.4) is 0 Å². The fraction of sp³-hybridized carbons (Fsp3) is 0.667. The smallest absolute Gasteiger partial charge is 0.111 e. The van der Waals surface area contributed by atoms with Gasteiger partial charge < -0.3 is 10.5 Å². The Morgan fingerprint density at radius 3 is 2.59 bits per heavy atom. The van der Waals surface area contributed by atoms with Crippen LogP contribution in [0.2, 0.25) is 0 Å². The number of likely N-dealkylation sites (tertiary alicyclic amines) is 1. The molecule has 1 aromatic rings. The van der Waals surface area contributed by atoms with Crippen molar-refractivity contribution in [3.8, 4) is 0 Å². The van der Waals surface area contributed by atoms with E-state index in [1.54, 1.807) is 0 Å². The van der Waals surface area contributed by atoms with Crippen LogP contribution < -0.4 is 5.73 Å². The monoisotopic (exact) mass is 368 g/mol. The van der Waals surface area contributed by atoms with E-state index in [1.165, 1.54) is 75.3 Å². The fourth-order valence-corrected chi connectivity index (χ4v) is 5.71. The summed E-state index contributed by atoms with van der Waals surface area (Å²) in [6.07, 6.45) is 16.2. The molecule has 3 aliphatic rings. The lowest BCUT2D eigenvalue weighted by atomic mass is 9.63. The zero-order chi connectivity index (χ0) is 18.7. The minimum atomic E-state index is 0.282. The molecule has 1 saturated heterocycles. The van der Waals surface area contributed by atoms with Gasteiger partial charge in [0.1, 0.15) is 6.23 Å². The topological polar surface area (TPSA) is 38.5 Å². The molecular weight excluding hydrogens is 332 g/mol. The molecule has 1 saturated carbocycles. The first kappa shape index (κ1) is 19.0. The van der Waals surface area contributed by atoms with Gasteiger partial charge in [-0.25, -0.2) is 0 Å². The van der Waals surface area contributed by atoms with Gasteiger partial charge in [-0.3, -0.25) is 4.90 Å². The van der Waals surface area contributed by atoms with E-state index in [0.717, 1.165) is 18.8 Å². The van der Waals surface area contributed by atoms with Crippen molar-refractivity contribution in [2.45, 2.75) is 83.4 Å². The van der Waals surface area contributed by atoms with Crippen molar-refractivity contribution in [1.29, 1.82) is 0 Å². The maximum atomic E-state index is 6.21.